The van der Waals surface area contributed by atoms with Gasteiger partial charge in [-0.2, -0.15) is 0 Å². The van der Waals surface area contributed by atoms with Crippen molar-refractivity contribution in [2.75, 3.05) is 0 Å². The number of aryl methyl sites for hydroxylation is 2. The van der Waals surface area contributed by atoms with Crippen LogP contribution >= 0.6 is 0 Å². The third-order valence-electron chi connectivity index (χ3n) is 2.95. The molecule has 1 nitrogen and oxygen atoms in total. The van der Waals surface area contributed by atoms with Crippen LogP contribution in [0.5, 0.6) is 0 Å². The van der Waals surface area contributed by atoms with E-state index in [1.54, 1.807) is 0 Å². The zero-order valence-corrected chi connectivity index (χ0v) is 8.22. The fourth-order valence-corrected chi connectivity index (χ4v) is 2.06. The Bertz CT molecular complexity index is 304. The number of nitrogens with two attached hydrogens (primary N) is 1. The number of hydrogen-bond donors (Lipinski definition) is 1. The van der Waals surface area contributed by atoms with E-state index >= 15 is 0 Å². The van der Waals surface area contributed by atoms with E-state index in [1.165, 1.54) is 23.1 Å². The third kappa shape index (κ3) is 1.75. The lowest BCUT2D eigenvalue weighted by atomic mass is 9.87. The van der Waals surface area contributed by atoms with Gasteiger partial charge in [0.15, 0.2) is 0 Å². The van der Waals surface area contributed by atoms with Crippen LogP contribution in [0, 0.1) is 0 Å². The summed E-state index contributed by atoms with van der Waals surface area (Å²) in [4.78, 5) is 0. The van der Waals surface area contributed by atoms with E-state index in [1.807, 2.05) is 0 Å². The number of fused-ring (bicyclic) bond motifs is 1. The highest BCUT2D eigenvalue weighted by Crippen LogP contribution is 2.21. The van der Waals surface area contributed by atoms with Crippen LogP contribution in [-0.2, 0) is 19.3 Å². The molecule has 70 valence electrons. The molecule has 0 saturated carbocycles. The van der Waals surface area contributed by atoms with Gasteiger partial charge in [-0.15, -0.1) is 0 Å². The molecule has 0 aromatic heterocycles. The minimum atomic E-state index is 0.389. The molecular formula is C12H17N. The number of benzene rings is 1. The molecule has 2 N–H and O–H groups in total. The molecule has 13 heavy (non-hydrogen) atoms. The van der Waals surface area contributed by atoms with Crippen LogP contribution in [0.4, 0.5) is 0 Å². The lowest BCUT2D eigenvalue weighted by Crippen LogP contribution is -2.27. The Hall–Kier alpha value is -0.820. The summed E-state index contributed by atoms with van der Waals surface area (Å²) < 4.78 is 0. The van der Waals surface area contributed by atoms with Crippen molar-refractivity contribution in [2.24, 2.45) is 5.73 Å². The van der Waals surface area contributed by atoms with Crippen molar-refractivity contribution in [1.29, 1.82) is 0 Å². The van der Waals surface area contributed by atoms with Crippen LogP contribution in [0.1, 0.15) is 30.0 Å². The SMILES string of the molecule is CCc1ccc2c(c1)CCC(N)C2. The Morgan fingerprint density at radius 1 is 1.38 bits per heavy atom. The summed E-state index contributed by atoms with van der Waals surface area (Å²) in [5, 5.41) is 0. The maximum atomic E-state index is 5.92. The van der Waals surface area contributed by atoms with Crippen LogP contribution in [0.25, 0.3) is 0 Å². The van der Waals surface area contributed by atoms with Gasteiger partial charge in [0.05, 0.1) is 0 Å². The first-order chi connectivity index (χ1) is 6.29. The summed E-state index contributed by atoms with van der Waals surface area (Å²) in [7, 11) is 0. The van der Waals surface area contributed by atoms with Gasteiger partial charge in [0, 0.05) is 6.04 Å². The second kappa shape index (κ2) is 3.51. The van der Waals surface area contributed by atoms with Gasteiger partial charge in [-0.25, -0.2) is 0 Å². The van der Waals surface area contributed by atoms with E-state index in [0.29, 0.717) is 6.04 Å². The Labute approximate surface area is 80.0 Å². The van der Waals surface area contributed by atoms with Gasteiger partial charge < -0.3 is 5.73 Å². The zero-order valence-electron chi connectivity index (χ0n) is 8.22. The Morgan fingerprint density at radius 3 is 3.00 bits per heavy atom. The maximum absolute atomic E-state index is 5.92. The highest BCUT2D eigenvalue weighted by Gasteiger charge is 2.14. The van der Waals surface area contributed by atoms with E-state index in [-0.39, 0.29) is 0 Å². The topological polar surface area (TPSA) is 26.0 Å². The van der Waals surface area contributed by atoms with Gasteiger partial charge in [-0.05, 0) is 42.4 Å². The number of rotatable bonds is 1. The smallest absolute Gasteiger partial charge is 0.00825 e. The van der Waals surface area contributed by atoms with E-state index in [0.717, 1.165) is 19.3 Å². The summed E-state index contributed by atoms with van der Waals surface area (Å²) in [6, 6.07) is 7.23. The third-order valence-corrected chi connectivity index (χ3v) is 2.95. The highest BCUT2D eigenvalue weighted by molar-refractivity contribution is 5.34. The molecule has 1 aromatic rings. The van der Waals surface area contributed by atoms with Crippen molar-refractivity contribution in [1.82, 2.24) is 0 Å². The molecule has 1 aromatic carbocycles. The lowest BCUT2D eigenvalue weighted by Gasteiger charge is -2.21. The fraction of sp³-hybridized carbons (Fsp3) is 0.500. The molecule has 0 saturated heterocycles. The van der Waals surface area contributed by atoms with Crippen molar-refractivity contribution >= 4 is 0 Å². The average Bonchev–Trinajstić information content (AvgIpc) is 2.17. The molecule has 0 radical (unpaired) electrons. The fourth-order valence-electron chi connectivity index (χ4n) is 2.06. The van der Waals surface area contributed by atoms with Crippen molar-refractivity contribution in [2.45, 2.75) is 38.6 Å². The predicted molar refractivity (Wildman–Crippen MR) is 55.8 cm³/mol. The standard InChI is InChI=1S/C12H17N/c1-2-9-3-4-11-8-12(13)6-5-10(11)7-9/h3-4,7,12H,2,5-6,8,13H2,1H3. The van der Waals surface area contributed by atoms with Crippen LogP contribution in [0.15, 0.2) is 18.2 Å². The quantitative estimate of drug-likeness (QED) is 0.694. The van der Waals surface area contributed by atoms with E-state index in [2.05, 4.69) is 25.1 Å². The van der Waals surface area contributed by atoms with Gasteiger partial charge in [0.1, 0.15) is 0 Å². The van der Waals surface area contributed by atoms with Crippen LogP contribution in [0.3, 0.4) is 0 Å². The summed E-state index contributed by atoms with van der Waals surface area (Å²) in [6.45, 7) is 2.20. The maximum Gasteiger partial charge on any atom is 0.00825 e. The second-order valence-corrected chi connectivity index (χ2v) is 3.96. The van der Waals surface area contributed by atoms with Crippen molar-refractivity contribution < 1.29 is 0 Å². The molecule has 0 fully saturated rings. The molecule has 1 heteroatoms. The molecule has 0 bridgehead atoms. The van der Waals surface area contributed by atoms with Gasteiger partial charge in [0.2, 0.25) is 0 Å². The lowest BCUT2D eigenvalue weighted by molar-refractivity contribution is 0.576. The summed E-state index contributed by atoms with van der Waals surface area (Å²) in [5.74, 6) is 0. The molecule has 1 atom stereocenters. The first-order valence-electron chi connectivity index (χ1n) is 5.16. The monoisotopic (exact) mass is 175 g/mol. The molecule has 0 aliphatic heterocycles. The van der Waals surface area contributed by atoms with E-state index in [4.69, 9.17) is 5.73 Å². The van der Waals surface area contributed by atoms with Crippen LogP contribution in [-0.4, -0.2) is 6.04 Å². The first-order valence-corrected chi connectivity index (χ1v) is 5.16. The van der Waals surface area contributed by atoms with Gasteiger partial charge >= 0.3 is 0 Å². The highest BCUT2D eigenvalue weighted by atomic mass is 14.6. The second-order valence-electron chi connectivity index (χ2n) is 3.96. The Morgan fingerprint density at radius 2 is 2.23 bits per heavy atom. The summed E-state index contributed by atoms with van der Waals surface area (Å²) in [5.41, 5.74) is 10.4. The molecule has 1 aliphatic rings. The van der Waals surface area contributed by atoms with E-state index in [9.17, 15) is 0 Å². The molecule has 0 heterocycles. The Kier molecular flexibility index (Phi) is 2.36. The van der Waals surface area contributed by atoms with Gasteiger partial charge in [-0.3, -0.25) is 0 Å². The molecule has 1 unspecified atom stereocenters. The molecular weight excluding hydrogens is 158 g/mol. The van der Waals surface area contributed by atoms with Crippen LogP contribution < -0.4 is 5.73 Å². The van der Waals surface area contributed by atoms with Gasteiger partial charge in [-0.1, -0.05) is 25.1 Å². The minimum Gasteiger partial charge on any atom is -0.327 e. The molecule has 0 spiro atoms. The molecule has 0 amide bonds. The van der Waals surface area contributed by atoms with Crippen LogP contribution in [0.2, 0.25) is 0 Å². The van der Waals surface area contributed by atoms with Gasteiger partial charge in [0.25, 0.3) is 0 Å². The largest absolute Gasteiger partial charge is 0.327 e. The summed E-state index contributed by atoms with van der Waals surface area (Å²) in [6.07, 6.45) is 4.53. The summed E-state index contributed by atoms with van der Waals surface area (Å²) >= 11 is 0. The van der Waals surface area contributed by atoms with E-state index < -0.39 is 0 Å². The van der Waals surface area contributed by atoms with Crippen molar-refractivity contribution in [3.63, 3.8) is 0 Å². The van der Waals surface area contributed by atoms with Crippen molar-refractivity contribution in [3.8, 4) is 0 Å². The molecule has 2 rings (SSSR count). The minimum absolute atomic E-state index is 0.389. The molecule has 1 aliphatic carbocycles. The Balaban J connectivity index is 2.31. The average molecular weight is 175 g/mol. The predicted octanol–water partition coefficient (Wildman–Crippen LogP) is 2.06. The first kappa shape index (κ1) is 8.76. The van der Waals surface area contributed by atoms with Crippen molar-refractivity contribution in [3.05, 3.63) is 34.9 Å². The number of hydrogen-bond acceptors (Lipinski definition) is 1. The zero-order chi connectivity index (χ0) is 9.26. The normalized spacial score (nSPS) is 21.2.